The fourth-order valence-electron chi connectivity index (χ4n) is 3.91. The number of rotatable bonds is 9. The van der Waals surface area contributed by atoms with Gasteiger partial charge in [-0.15, -0.1) is 0 Å². The molecule has 2 aromatic rings. The predicted molar refractivity (Wildman–Crippen MR) is 128 cm³/mol. The highest BCUT2D eigenvalue weighted by atomic mass is 32.2. The van der Waals surface area contributed by atoms with Crippen molar-refractivity contribution in [1.82, 2.24) is 4.31 Å². The summed E-state index contributed by atoms with van der Waals surface area (Å²) in [6, 6.07) is 13.6. The molecule has 1 aliphatic rings. The lowest BCUT2D eigenvalue weighted by molar-refractivity contribution is -0.118. The number of ether oxygens (including phenoxy) is 1. The third kappa shape index (κ3) is 5.83. The molecule has 0 bridgehead atoms. The Morgan fingerprint density at radius 1 is 1.12 bits per heavy atom. The standard InChI is InChI=1S/C24H30N4O4S/c1-3-28(4-2)33(30,31)20-12-13-22(27-14-8-5-9-15-27)21(16-20)26-24(29)18-32-23-11-7-6-10-19(23)17-25/h6-7,10-13,16H,3-5,8-9,14-15,18H2,1-2H3,(H,26,29). The summed E-state index contributed by atoms with van der Waals surface area (Å²) < 4.78 is 33.0. The number of nitrogens with one attached hydrogen (secondary N) is 1. The monoisotopic (exact) mass is 470 g/mol. The smallest absolute Gasteiger partial charge is 0.262 e. The molecule has 3 rings (SSSR count). The number of hydrogen-bond acceptors (Lipinski definition) is 6. The molecular formula is C24H30N4O4S. The summed E-state index contributed by atoms with van der Waals surface area (Å²) >= 11 is 0. The normalized spacial score (nSPS) is 14.1. The van der Waals surface area contributed by atoms with Gasteiger partial charge in [-0.2, -0.15) is 9.57 Å². The van der Waals surface area contributed by atoms with Crippen LogP contribution in [0.5, 0.6) is 5.75 Å². The Morgan fingerprint density at radius 3 is 2.48 bits per heavy atom. The van der Waals surface area contributed by atoms with E-state index >= 15 is 0 Å². The molecular weight excluding hydrogens is 440 g/mol. The second kappa shape index (κ2) is 11.2. The van der Waals surface area contributed by atoms with Crippen molar-refractivity contribution in [3.05, 3.63) is 48.0 Å². The zero-order valence-corrected chi connectivity index (χ0v) is 19.9. The summed E-state index contributed by atoms with van der Waals surface area (Å²) in [5.74, 6) is -0.109. The summed E-state index contributed by atoms with van der Waals surface area (Å²) in [6.45, 7) is 5.70. The van der Waals surface area contributed by atoms with Crippen LogP contribution in [0.1, 0.15) is 38.7 Å². The van der Waals surface area contributed by atoms with E-state index in [9.17, 15) is 18.5 Å². The second-order valence-electron chi connectivity index (χ2n) is 7.76. The van der Waals surface area contributed by atoms with E-state index in [2.05, 4.69) is 10.2 Å². The van der Waals surface area contributed by atoms with Gasteiger partial charge in [-0.1, -0.05) is 26.0 Å². The number of nitriles is 1. The van der Waals surface area contributed by atoms with E-state index in [4.69, 9.17) is 4.74 Å². The topological polar surface area (TPSA) is 103 Å². The zero-order chi connectivity index (χ0) is 23.8. The van der Waals surface area contributed by atoms with Gasteiger partial charge in [0, 0.05) is 26.2 Å². The van der Waals surface area contributed by atoms with Crippen LogP contribution in [0.3, 0.4) is 0 Å². The van der Waals surface area contributed by atoms with Gasteiger partial charge in [-0.25, -0.2) is 8.42 Å². The van der Waals surface area contributed by atoms with Gasteiger partial charge in [0.05, 0.1) is 21.8 Å². The van der Waals surface area contributed by atoms with Crippen LogP contribution in [0.25, 0.3) is 0 Å². The summed E-state index contributed by atoms with van der Waals surface area (Å²) in [4.78, 5) is 15.0. The van der Waals surface area contributed by atoms with E-state index in [0.29, 0.717) is 30.1 Å². The van der Waals surface area contributed by atoms with Crippen LogP contribution in [0, 0.1) is 11.3 Å². The first-order chi connectivity index (χ1) is 15.9. The molecule has 176 valence electrons. The molecule has 0 aliphatic carbocycles. The van der Waals surface area contributed by atoms with E-state index < -0.39 is 15.9 Å². The molecule has 1 amide bonds. The van der Waals surface area contributed by atoms with Crippen molar-refractivity contribution < 1.29 is 17.9 Å². The van der Waals surface area contributed by atoms with Gasteiger partial charge in [0.1, 0.15) is 11.8 Å². The molecule has 0 saturated carbocycles. The Labute approximate surface area is 195 Å². The number of nitrogens with zero attached hydrogens (tertiary/aromatic N) is 3. The molecule has 33 heavy (non-hydrogen) atoms. The highest BCUT2D eigenvalue weighted by molar-refractivity contribution is 7.89. The lowest BCUT2D eigenvalue weighted by Gasteiger charge is -2.31. The first-order valence-electron chi connectivity index (χ1n) is 11.2. The Balaban J connectivity index is 1.86. The number of piperidine rings is 1. The summed E-state index contributed by atoms with van der Waals surface area (Å²) in [6.07, 6.45) is 3.24. The lowest BCUT2D eigenvalue weighted by Crippen LogP contribution is -2.32. The van der Waals surface area contributed by atoms with Gasteiger partial charge in [-0.05, 0) is 49.6 Å². The highest BCUT2D eigenvalue weighted by Gasteiger charge is 2.24. The average Bonchev–Trinajstić information content (AvgIpc) is 2.84. The van der Waals surface area contributed by atoms with Gasteiger partial charge in [0.25, 0.3) is 5.91 Å². The second-order valence-corrected chi connectivity index (χ2v) is 9.70. The molecule has 2 aromatic carbocycles. The Morgan fingerprint density at radius 2 is 1.82 bits per heavy atom. The van der Waals surface area contributed by atoms with Gasteiger partial charge in [0.15, 0.2) is 6.61 Å². The third-order valence-electron chi connectivity index (χ3n) is 5.65. The number of sulfonamides is 1. The summed E-state index contributed by atoms with van der Waals surface area (Å²) in [5, 5.41) is 12.0. The van der Waals surface area contributed by atoms with Crippen LogP contribution in [-0.4, -0.2) is 51.4 Å². The maximum Gasteiger partial charge on any atom is 0.262 e. The number of benzene rings is 2. The van der Waals surface area contributed by atoms with E-state index in [0.717, 1.165) is 38.0 Å². The molecule has 1 aliphatic heterocycles. The number of amides is 1. The molecule has 1 fully saturated rings. The first-order valence-corrected chi connectivity index (χ1v) is 12.7. The fraction of sp³-hybridized carbons (Fsp3) is 0.417. The minimum absolute atomic E-state index is 0.137. The lowest BCUT2D eigenvalue weighted by atomic mass is 10.1. The minimum atomic E-state index is -3.68. The number of carbonyl (C=O) groups excluding carboxylic acids is 1. The van der Waals surface area contributed by atoms with Crippen LogP contribution >= 0.6 is 0 Å². The van der Waals surface area contributed by atoms with Crippen molar-refractivity contribution >= 4 is 27.3 Å². The first kappa shape index (κ1) is 24.6. The molecule has 1 N–H and O–H groups in total. The number of anilines is 2. The Kier molecular flexibility index (Phi) is 8.31. The molecule has 0 unspecified atom stereocenters. The number of para-hydroxylation sites is 1. The van der Waals surface area contributed by atoms with Gasteiger partial charge >= 0.3 is 0 Å². The van der Waals surface area contributed by atoms with Gasteiger partial charge < -0.3 is 15.0 Å². The maximum atomic E-state index is 13.0. The van der Waals surface area contributed by atoms with Crippen molar-refractivity contribution in [2.45, 2.75) is 38.0 Å². The van der Waals surface area contributed by atoms with Crippen molar-refractivity contribution in [2.75, 3.05) is 43.0 Å². The van der Waals surface area contributed by atoms with Gasteiger partial charge in [-0.3, -0.25) is 4.79 Å². The third-order valence-corrected chi connectivity index (χ3v) is 7.69. The van der Waals surface area contributed by atoms with E-state index in [1.165, 1.54) is 10.4 Å². The summed E-state index contributed by atoms with van der Waals surface area (Å²) in [7, 11) is -3.68. The quantitative estimate of drug-likeness (QED) is 0.601. The number of carbonyl (C=O) groups is 1. The minimum Gasteiger partial charge on any atom is -0.482 e. The van der Waals surface area contributed by atoms with Crippen molar-refractivity contribution in [1.29, 1.82) is 5.26 Å². The number of hydrogen-bond donors (Lipinski definition) is 1. The zero-order valence-electron chi connectivity index (χ0n) is 19.1. The Bertz CT molecular complexity index is 1120. The molecule has 1 saturated heterocycles. The van der Waals surface area contributed by atoms with Crippen molar-refractivity contribution in [2.24, 2.45) is 0 Å². The van der Waals surface area contributed by atoms with E-state index in [1.54, 1.807) is 50.2 Å². The molecule has 8 nitrogen and oxygen atoms in total. The van der Waals surface area contributed by atoms with Crippen molar-refractivity contribution in [3.8, 4) is 11.8 Å². The van der Waals surface area contributed by atoms with E-state index in [1.807, 2.05) is 6.07 Å². The van der Waals surface area contributed by atoms with E-state index in [-0.39, 0.29) is 11.5 Å². The molecule has 9 heteroatoms. The fourth-order valence-corrected chi connectivity index (χ4v) is 5.40. The van der Waals surface area contributed by atoms with Crippen LogP contribution in [-0.2, 0) is 14.8 Å². The highest BCUT2D eigenvalue weighted by Crippen LogP contribution is 2.32. The molecule has 0 atom stereocenters. The summed E-state index contributed by atoms with van der Waals surface area (Å²) in [5.41, 5.74) is 1.57. The molecule has 0 radical (unpaired) electrons. The van der Waals surface area contributed by atoms with Crippen LogP contribution in [0.2, 0.25) is 0 Å². The van der Waals surface area contributed by atoms with Crippen LogP contribution in [0.4, 0.5) is 11.4 Å². The Hall–Kier alpha value is -3.09. The largest absolute Gasteiger partial charge is 0.482 e. The SMILES string of the molecule is CCN(CC)S(=O)(=O)c1ccc(N2CCCCC2)c(NC(=O)COc2ccccc2C#N)c1. The van der Waals surface area contributed by atoms with Crippen molar-refractivity contribution in [3.63, 3.8) is 0 Å². The molecule has 1 heterocycles. The van der Waals surface area contributed by atoms with Crippen LogP contribution in [0.15, 0.2) is 47.4 Å². The van der Waals surface area contributed by atoms with Crippen LogP contribution < -0.4 is 15.0 Å². The molecule has 0 spiro atoms. The van der Waals surface area contributed by atoms with Gasteiger partial charge in [0.2, 0.25) is 10.0 Å². The maximum absolute atomic E-state index is 13.0. The average molecular weight is 471 g/mol. The molecule has 0 aromatic heterocycles. The predicted octanol–water partition coefficient (Wildman–Crippen LogP) is 3.60.